The molecule has 0 atom stereocenters. The van der Waals surface area contributed by atoms with Gasteiger partial charge in [-0.3, -0.25) is 4.79 Å². The van der Waals surface area contributed by atoms with Crippen LogP contribution in [0.3, 0.4) is 0 Å². The Morgan fingerprint density at radius 1 is 1.41 bits per heavy atom. The average Bonchev–Trinajstić information content (AvgIpc) is 2.78. The second-order valence-corrected chi connectivity index (χ2v) is 4.94. The number of carbonyl (C=O) groups is 1. The van der Waals surface area contributed by atoms with E-state index in [1.165, 1.54) is 15.6 Å². The van der Waals surface area contributed by atoms with Crippen LogP contribution >= 0.6 is 11.3 Å². The molecule has 0 saturated carbocycles. The third-order valence-corrected chi connectivity index (χ3v) is 3.89. The summed E-state index contributed by atoms with van der Waals surface area (Å²) in [5, 5.41) is 3.47. The van der Waals surface area contributed by atoms with Crippen LogP contribution in [-0.2, 0) is 11.2 Å². The summed E-state index contributed by atoms with van der Waals surface area (Å²) >= 11 is 1.75. The highest BCUT2D eigenvalue weighted by Crippen LogP contribution is 2.25. The summed E-state index contributed by atoms with van der Waals surface area (Å²) in [4.78, 5) is 13.0. The van der Waals surface area contributed by atoms with Crippen molar-refractivity contribution in [2.45, 2.75) is 6.42 Å². The SMILES string of the molecule is CN(CCc1csc2ccccc12)C(=O)CN. The Labute approximate surface area is 105 Å². The fourth-order valence-electron chi connectivity index (χ4n) is 1.80. The number of carbonyl (C=O) groups excluding carboxylic acids is 1. The zero-order chi connectivity index (χ0) is 12.3. The van der Waals surface area contributed by atoms with E-state index in [-0.39, 0.29) is 12.5 Å². The number of rotatable bonds is 4. The molecule has 0 unspecified atom stereocenters. The topological polar surface area (TPSA) is 46.3 Å². The second kappa shape index (κ2) is 5.29. The molecule has 17 heavy (non-hydrogen) atoms. The van der Waals surface area contributed by atoms with E-state index in [0.717, 1.165) is 13.0 Å². The van der Waals surface area contributed by atoms with E-state index in [1.54, 1.807) is 23.3 Å². The quantitative estimate of drug-likeness (QED) is 0.897. The first-order valence-corrected chi connectivity index (χ1v) is 6.49. The van der Waals surface area contributed by atoms with Gasteiger partial charge in [0.15, 0.2) is 0 Å². The van der Waals surface area contributed by atoms with Gasteiger partial charge in [0, 0.05) is 18.3 Å². The molecule has 0 spiro atoms. The van der Waals surface area contributed by atoms with E-state index < -0.39 is 0 Å². The molecule has 2 aromatic rings. The van der Waals surface area contributed by atoms with Gasteiger partial charge in [0.05, 0.1) is 6.54 Å². The number of likely N-dealkylation sites (N-methyl/N-ethyl adjacent to an activating group) is 1. The van der Waals surface area contributed by atoms with Crippen LogP contribution in [-0.4, -0.2) is 30.9 Å². The van der Waals surface area contributed by atoms with E-state index in [4.69, 9.17) is 5.73 Å². The highest BCUT2D eigenvalue weighted by Gasteiger charge is 2.08. The van der Waals surface area contributed by atoms with Gasteiger partial charge in [-0.25, -0.2) is 0 Å². The molecule has 0 saturated heterocycles. The summed E-state index contributed by atoms with van der Waals surface area (Å²) in [5.74, 6) is -0.00969. The molecule has 0 aliphatic rings. The van der Waals surface area contributed by atoms with Crippen LogP contribution in [0.5, 0.6) is 0 Å². The lowest BCUT2D eigenvalue weighted by molar-refractivity contribution is -0.128. The summed E-state index contributed by atoms with van der Waals surface area (Å²) in [6, 6.07) is 8.35. The number of amides is 1. The molecular formula is C13H16N2OS. The molecule has 4 heteroatoms. The molecule has 1 aromatic heterocycles. The van der Waals surface area contributed by atoms with Crippen molar-refractivity contribution in [2.75, 3.05) is 20.1 Å². The molecule has 1 heterocycles. The molecule has 0 aliphatic heterocycles. The summed E-state index contributed by atoms with van der Waals surface area (Å²) < 4.78 is 1.30. The molecular weight excluding hydrogens is 232 g/mol. The smallest absolute Gasteiger partial charge is 0.236 e. The van der Waals surface area contributed by atoms with Crippen molar-refractivity contribution < 1.29 is 4.79 Å². The van der Waals surface area contributed by atoms with Crippen molar-refractivity contribution in [3.63, 3.8) is 0 Å². The lowest BCUT2D eigenvalue weighted by atomic mass is 10.1. The number of fused-ring (bicyclic) bond motifs is 1. The summed E-state index contributed by atoms with van der Waals surface area (Å²) in [6.07, 6.45) is 0.881. The summed E-state index contributed by atoms with van der Waals surface area (Å²) in [7, 11) is 1.80. The van der Waals surface area contributed by atoms with Gasteiger partial charge >= 0.3 is 0 Å². The zero-order valence-corrected chi connectivity index (χ0v) is 10.7. The van der Waals surface area contributed by atoms with E-state index >= 15 is 0 Å². The van der Waals surface area contributed by atoms with E-state index in [0.29, 0.717) is 0 Å². The number of nitrogens with zero attached hydrogens (tertiary/aromatic N) is 1. The minimum absolute atomic E-state index is 0.00969. The van der Waals surface area contributed by atoms with E-state index in [2.05, 4.69) is 17.5 Å². The highest BCUT2D eigenvalue weighted by molar-refractivity contribution is 7.17. The van der Waals surface area contributed by atoms with E-state index in [1.807, 2.05) is 12.1 Å². The predicted octanol–water partition coefficient (Wildman–Crippen LogP) is 1.86. The van der Waals surface area contributed by atoms with Crippen molar-refractivity contribution in [3.8, 4) is 0 Å². The lowest BCUT2D eigenvalue weighted by Gasteiger charge is -2.15. The Kier molecular flexibility index (Phi) is 3.76. The monoisotopic (exact) mass is 248 g/mol. The molecule has 1 aromatic carbocycles. The number of nitrogens with two attached hydrogens (primary N) is 1. The molecule has 0 fully saturated rings. The van der Waals surface area contributed by atoms with Crippen LogP contribution in [0, 0.1) is 0 Å². The van der Waals surface area contributed by atoms with Crippen LogP contribution in [0.25, 0.3) is 10.1 Å². The average molecular weight is 248 g/mol. The van der Waals surface area contributed by atoms with Crippen molar-refractivity contribution in [1.29, 1.82) is 0 Å². The Bertz CT molecular complexity index is 521. The lowest BCUT2D eigenvalue weighted by Crippen LogP contribution is -2.34. The maximum atomic E-state index is 11.3. The van der Waals surface area contributed by atoms with Gasteiger partial charge in [0.25, 0.3) is 0 Å². The zero-order valence-electron chi connectivity index (χ0n) is 9.85. The van der Waals surface area contributed by atoms with Crippen LogP contribution in [0.2, 0.25) is 0 Å². The van der Waals surface area contributed by atoms with Crippen LogP contribution < -0.4 is 5.73 Å². The third kappa shape index (κ3) is 2.65. The van der Waals surface area contributed by atoms with Gasteiger partial charge in [0.1, 0.15) is 0 Å². The van der Waals surface area contributed by atoms with Crippen molar-refractivity contribution >= 4 is 27.3 Å². The maximum Gasteiger partial charge on any atom is 0.236 e. The van der Waals surface area contributed by atoms with Gasteiger partial charge in [-0.1, -0.05) is 18.2 Å². The van der Waals surface area contributed by atoms with E-state index in [9.17, 15) is 4.79 Å². The number of hydrogen-bond donors (Lipinski definition) is 1. The van der Waals surface area contributed by atoms with Gasteiger partial charge < -0.3 is 10.6 Å². The fraction of sp³-hybridized carbons (Fsp3) is 0.308. The predicted molar refractivity (Wildman–Crippen MR) is 72.2 cm³/mol. The molecule has 1 amide bonds. The first-order valence-electron chi connectivity index (χ1n) is 5.61. The van der Waals surface area contributed by atoms with Crippen LogP contribution in [0.15, 0.2) is 29.6 Å². The molecule has 0 radical (unpaired) electrons. The van der Waals surface area contributed by atoms with Crippen LogP contribution in [0.1, 0.15) is 5.56 Å². The first kappa shape index (κ1) is 12.1. The Morgan fingerprint density at radius 2 is 2.18 bits per heavy atom. The molecule has 2 N–H and O–H groups in total. The van der Waals surface area contributed by atoms with Gasteiger partial charge in [-0.15, -0.1) is 11.3 Å². The highest BCUT2D eigenvalue weighted by atomic mass is 32.1. The first-order chi connectivity index (χ1) is 8.22. The van der Waals surface area contributed by atoms with Gasteiger partial charge in [0.2, 0.25) is 5.91 Å². The third-order valence-electron chi connectivity index (χ3n) is 2.88. The minimum Gasteiger partial charge on any atom is -0.344 e. The van der Waals surface area contributed by atoms with Crippen molar-refractivity contribution in [1.82, 2.24) is 4.90 Å². The van der Waals surface area contributed by atoms with Crippen molar-refractivity contribution in [3.05, 3.63) is 35.2 Å². The minimum atomic E-state index is -0.00969. The largest absolute Gasteiger partial charge is 0.344 e. The summed E-state index contributed by atoms with van der Waals surface area (Å²) in [5.41, 5.74) is 6.63. The normalized spacial score (nSPS) is 10.7. The standard InChI is InChI=1S/C13H16N2OS/c1-15(13(16)8-14)7-6-10-9-17-12-5-3-2-4-11(10)12/h2-5,9H,6-8,14H2,1H3. The Hall–Kier alpha value is -1.39. The molecule has 90 valence electrons. The molecule has 0 bridgehead atoms. The Balaban J connectivity index is 2.07. The molecule has 0 aliphatic carbocycles. The molecule has 3 nitrogen and oxygen atoms in total. The number of benzene rings is 1. The van der Waals surface area contributed by atoms with Crippen LogP contribution in [0.4, 0.5) is 0 Å². The number of thiophene rings is 1. The second-order valence-electron chi connectivity index (χ2n) is 4.03. The van der Waals surface area contributed by atoms with Gasteiger partial charge in [-0.2, -0.15) is 0 Å². The maximum absolute atomic E-state index is 11.3. The molecule has 2 rings (SSSR count). The van der Waals surface area contributed by atoms with Gasteiger partial charge in [-0.05, 0) is 28.8 Å². The summed E-state index contributed by atoms with van der Waals surface area (Å²) in [6.45, 7) is 0.803. The Morgan fingerprint density at radius 3 is 2.94 bits per heavy atom. The number of hydrogen-bond acceptors (Lipinski definition) is 3. The fourth-order valence-corrected chi connectivity index (χ4v) is 2.79. The van der Waals surface area contributed by atoms with Crippen molar-refractivity contribution in [2.24, 2.45) is 5.73 Å².